The SMILES string of the molecule is O=C(O)CCCC/C=C(\CNCCc1ccc(F)cc1)COc1cccc2ccccc12. The Labute approximate surface area is 188 Å². The van der Waals surface area contributed by atoms with Crippen molar-refractivity contribution in [1.82, 2.24) is 5.32 Å². The molecule has 0 heterocycles. The van der Waals surface area contributed by atoms with Gasteiger partial charge in [-0.05, 0) is 66.9 Å². The first kappa shape index (κ1) is 23.5. The van der Waals surface area contributed by atoms with Gasteiger partial charge in [-0.1, -0.05) is 54.6 Å². The summed E-state index contributed by atoms with van der Waals surface area (Å²) in [5.41, 5.74) is 2.22. The van der Waals surface area contributed by atoms with Crippen molar-refractivity contribution in [2.24, 2.45) is 0 Å². The third-order valence-corrected chi connectivity index (χ3v) is 5.30. The second-order valence-corrected chi connectivity index (χ2v) is 7.82. The average molecular weight is 436 g/mol. The van der Waals surface area contributed by atoms with E-state index >= 15 is 0 Å². The molecule has 0 amide bonds. The lowest BCUT2D eigenvalue weighted by Crippen LogP contribution is -2.22. The van der Waals surface area contributed by atoms with E-state index < -0.39 is 5.97 Å². The van der Waals surface area contributed by atoms with Crippen molar-refractivity contribution in [1.29, 1.82) is 0 Å². The molecule has 0 spiro atoms. The van der Waals surface area contributed by atoms with Crippen molar-refractivity contribution in [3.05, 3.63) is 89.8 Å². The van der Waals surface area contributed by atoms with E-state index in [9.17, 15) is 9.18 Å². The second kappa shape index (κ2) is 12.6. The van der Waals surface area contributed by atoms with Crippen molar-refractivity contribution < 1.29 is 19.0 Å². The van der Waals surface area contributed by atoms with Crippen LogP contribution in [0.2, 0.25) is 0 Å². The molecule has 5 heteroatoms. The molecular formula is C27H30FNO3. The Balaban J connectivity index is 1.55. The lowest BCUT2D eigenvalue weighted by molar-refractivity contribution is -0.137. The van der Waals surface area contributed by atoms with Crippen LogP contribution in [-0.2, 0) is 11.2 Å². The third-order valence-electron chi connectivity index (χ3n) is 5.30. The van der Waals surface area contributed by atoms with Gasteiger partial charge in [-0.3, -0.25) is 4.79 Å². The second-order valence-electron chi connectivity index (χ2n) is 7.82. The lowest BCUT2D eigenvalue weighted by atomic mass is 10.1. The Morgan fingerprint density at radius 2 is 1.78 bits per heavy atom. The number of carboxylic acids is 1. The molecule has 0 aromatic heterocycles. The Hall–Kier alpha value is -3.18. The number of rotatable bonds is 13. The van der Waals surface area contributed by atoms with Crippen LogP contribution in [-0.4, -0.2) is 30.8 Å². The molecule has 168 valence electrons. The highest BCUT2D eigenvalue weighted by Gasteiger charge is 2.05. The molecule has 0 aliphatic rings. The van der Waals surface area contributed by atoms with E-state index in [4.69, 9.17) is 9.84 Å². The molecule has 3 rings (SSSR count). The highest BCUT2D eigenvalue weighted by atomic mass is 19.1. The van der Waals surface area contributed by atoms with Gasteiger partial charge in [0.05, 0.1) is 0 Å². The van der Waals surface area contributed by atoms with Crippen LogP contribution in [0, 0.1) is 5.82 Å². The molecule has 2 N–H and O–H groups in total. The first-order valence-corrected chi connectivity index (χ1v) is 11.1. The molecule has 0 saturated heterocycles. The number of ether oxygens (including phenoxy) is 1. The summed E-state index contributed by atoms with van der Waals surface area (Å²) in [7, 11) is 0. The standard InChI is InChI=1S/C27H30FNO3/c28-24-15-13-21(14-16-24)17-18-29-19-22(7-2-1-3-12-27(30)31)20-32-26-11-6-9-23-8-4-5-10-25(23)26/h4-11,13-16,29H,1-3,12,17-20H2,(H,30,31)/b22-7+. The number of hydrogen-bond donors (Lipinski definition) is 2. The van der Waals surface area contributed by atoms with Gasteiger partial charge in [0.15, 0.2) is 0 Å². The van der Waals surface area contributed by atoms with E-state index in [0.717, 1.165) is 53.5 Å². The number of halogens is 1. The van der Waals surface area contributed by atoms with E-state index in [1.807, 2.05) is 24.3 Å². The van der Waals surface area contributed by atoms with Gasteiger partial charge in [0.2, 0.25) is 0 Å². The number of fused-ring (bicyclic) bond motifs is 1. The van der Waals surface area contributed by atoms with Crippen LogP contribution in [0.15, 0.2) is 78.4 Å². The predicted octanol–water partition coefficient (Wildman–Crippen LogP) is 5.76. The number of hydrogen-bond acceptors (Lipinski definition) is 3. The fourth-order valence-electron chi connectivity index (χ4n) is 3.53. The maximum Gasteiger partial charge on any atom is 0.303 e. The highest BCUT2D eigenvalue weighted by molar-refractivity contribution is 5.88. The molecule has 4 nitrogen and oxygen atoms in total. The molecular weight excluding hydrogens is 405 g/mol. The summed E-state index contributed by atoms with van der Waals surface area (Å²) in [5.74, 6) is -0.123. The number of benzene rings is 3. The molecule has 0 radical (unpaired) electrons. The van der Waals surface area contributed by atoms with E-state index in [1.165, 1.54) is 12.1 Å². The zero-order valence-corrected chi connectivity index (χ0v) is 18.2. The van der Waals surface area contributed by atoms with Crippen molar-refractivity contribution in [3.8, 4) is 5.75 Å². The monoisotopic (exact) mass is 435 g/mol. The summed E-state index contributed by atoms with van der Waals surface area (Å²) in [5, 5.41) is 14.5. The molecule has 3 aromatic carbocycles. The fourth-order valence-corrected chi connectivity index (χ4v) is 3.53. The van der Waals surface area contributed by atoms with E-state index in [2.05, 4.69) is 29.6 Å². The summed E-state index contributed by atoms with van der Waals surface area (Å²) in [6, 6.07) is 20.8. The van der Waals surface area contributed by atoms with Gasteiger partial charge in [-0.15, -0.1) is 0 Å². The van der Waals surface area contributed by atoms with Gasteiger partial charge in [0, 0.05) is 18.4 Å². The molecule has 3 aromatic rings. The number of unbranched alkanes of at least 4 members (excludes halogenated alkanes) is 2. The number of aliphatic carboxylic acids is 1. The average Bonchev–Trinajstić information content (AvgIpc) is 2.80. The largest absolute Gasteiger partial charge is 0.489 e. The Morgan fingerprint density at radius 1 is 1.00 bits per heavy atom. The molecule has 0 bridgehead atoms. The molecule has 0 aliphatic heterocycles. The smallest absolute Gasteiger partial charge is 0.303 e. The summed E-state index contributed by atoms with van der Waals surface area (Å²) in [6.07, 6.45) is 5.49. The molecule has 0 saturated carbocycles. The van der Waals surface area contributed by atoms with E-state index in [-0.39, 0.29) is 12.2 Å². The Bertz CT molecular complexity index is 1030. The van der Waals surface area contributed by atoms with Crippen LogP contribution < -0.4 is 10.1 Å². The minimum Gasteiger partial charge on any atom is -0.489 e. The van der Waals surface area contributed by atoms with Gasteiger partial charge in [0.25, 0.3) is 0 Å². The van der Waals surface area contributed by atoms with Crippen molar-refractivity contribution in [2.45, 2.75) is 32.1 Å². The van der Waals surface area contributed by atoms with Crippen LogP contribution in [0.3, 0.4) is 0 Å². The lowest BCUT2D eigenvalue weighted by Gasteiger charge is -2.13. The van der Waals surface area contributed by atoms with E-state index in [1.54, 1.807) is 12.1 Å². The van der Waals surface area contributed by atoms with Crippen LogP contribution in [0.25, 0.3) is 10.8 Å². The maximum atomic E-state index is 13.1. The zero-order chi connectivity index (χ0) is 22.6. The first-order chi connectivity index (χ1) is 15.6. The molecule has 32 heavy (non-hydrogen) atoms. The molecule has 0 atom stereocenters. The zero-order valence-electron chi connectivity index (χ0n) is 18.2. The van der Waals surface area contributed by atoms with Gasteiger partial charge in [-0.25, -0.2) is 4.39 Å². The fraction of sp³-hybridized carbons (Fsp3) is 0.296. The van der Waals surface area contributed by atoms with E-state index in [0.29, 0.717) is 19.6 Å². The summed E-state index contributed by atoms with van der Waals surface area (Å²) < 4.78 is 19.2. The van der Waals surface area contributed by atoms with Crippen molar-refractivity contribution in [3.63, 3.8) is 0 Å². The number of nitrogens with one attached hydrogen (secondary N) is 1. The number of allylic oxidation sites excluding steroid dienone is 1. The van der Waals surface area contributed by atoms with Gasteiger partial charge in [-0.2, -0.15) is 0 Å². The van der Waals surface area contributed by atoms with Crippen molar-refractivity contribution >= 4 is 16.7 Å². The third kappa shape index (κ3) is 7.82. The topological polar surface area (TPSA) is 58.6 Å². The quantitative estimate of drug-likeness (QED) is 0.265. The Morgan fingerprint density at radius 3 is 2.59 bits per heavy atom. The molecule has 0 fully saturated rings. The number of carboxylic acid groups (broad SMARTS) is 1. The summed E-state index contributed by atoms with van der Waals surface area (Å²) >= 11 is 0. The van der Waals surface area contributed by atoms with Crippen LogP contribution >= 0.6 is 0 Å². The predicted molar refractivity (Wildman–Crippen MR) is 127 cm³/mol. The summed E-state index contributed by atoms with van der Waals surface area (Å²) in [4.78, 5) is 10.7. The van der Waals surface area contributed by atoms with Crippen LogP contribution in [0.5, 0.6) is 5.75 Å². The highest BCUT2D eigenvalue weighted by Crippen LogP contribution is 2.25. The molecule has 0 aliphatic carbocycles. The van der Waals surface area contributed by atoms with Gasteiger partial charge < -0.3 is 15.2 Å². The first-order valence-electron chi connectivity index (χ1n) is 11.1. The number of carbonyl (C=O) groups is 1. The summed E-state index contributed by atoms with van der Waals surface area (Å²) in [6.45, 7) is 1.93. The Kier molecular flexibility index (Phi) is 9.26. The van der Waals surface area contributed by atoms with Crippen LogP contribution in [0.4, 0.5) is 4.39 Å². The van der Waals surface area contributed by atoms with Crippen molar-refractivity contribution in [2.75, 3.05) is 19.7 Å². The minimum atomic E-state index is -0.754. The van der Waals surface area contributed by atoms with Gasteiger partial charge in [0.1, 0.15) is 18.2 Å². The minimum absolute atomic E-state index is 0.200. The normalized spacial score (nSPS) is 11.6. The van der Waals surface area contributed by atoms with Crippen LogP contribution in [0.1, 0.15) is 31.2 Å². The van der Waals surface area contributed by atoms with Gasteiger partial charge >= 0.3 is 5.97 Å². The molecule has 0 unspecified atom stereocenters. The maximum absolute atomic E-state index is 13.1.